The highest BCUT2D eigenvalue weighted by Gasteiger charge is 2.25. The Morgan fingerprint density at radius 2 is 1.94 bits per heavy atom. The van der Waals surface area contributed by atoms with Gasteiger partial charge in [-0.05, 0) is 59.8 Å². The molecule has 0 heterocycles. The Morgan fingerprint density at radius 3 is 2.41 bits per heavy atom. The third kappa shape index (κ3) is 9.42. The second kappa shape index (κ2) is 7.93. The first-order chi connectivity index (χ1) is 7.73. The Morgan fingerprint density at radius 1 is 1.35 bits per heavy atom. The quantitative estimate of drug-likeness (QED) is 0.397. The minimum absolute atomic E-state index is 0.248. The van der Waals surface area contributed by atoms with Crippen LogP contribution in [0.5, 0.6) is 0 Å². The maximum atomic E-state index is 11.7. The van der Waals surface area contributed by atoms with Crippen molar-refractivity contribution in [3.8, 4) is 0 Å². The normalized spacial score (nSPS) is 15.9. The van der Waals surface area contributed by atoms with Crippen molar-refractivity contribution in [1.29, 1.82) is 0 Å². The number of nitrogens with zero attached hydrogens (tertiary/aromatic N) is 1. The molecule has 0 amide bonds. The van der Waals surface area contributed by atoms with Gasteiger partial charge in [0.25, 0.3) is 0 Å². The minimum atomic E-state index is -1.11. The lowest BCUT2D eigenvalue weighted by Crippen LogP contribution is -2.25. The molecule has 2 nitrogen and oxygen atoms in total. The van der Waals surface area contributed by atoms with Crippen LogP contribution in [0.1, 0.15) is 60.8 Å². The molecule has 1 unspecified atom stereocenters. The topological polar surface area (TPSA) is 35.4 Å². The van der Waals surface area contributed by atoms with Crippen molar-refractivity contribution in [3.05, 3.63) is 11.6 Å². The van der Waals surface area contributed by atoms with Crippen LogP contribution in [0.2, 0.25) is 0 Å². The van der Waals surface area contributed by atoms with Crippen molar-refractivity contribution in [2.75, 3.05) is 0 Å². The summed E-state index contributed by atoms with van der Waals surface area (Å²) in [5.74, 6) is 0.603. The number of rotatable bonds is 6. The van der Waals surface area contributed by atoms with Gasteiger partial charge in [0, 0.05) is 0 Å². The zero-order valence-corrected chi connectivity index (χ0v) is 12.9. The van der Waals surface area contributed by atoms with E-state index in [-0.39, 0.29) is 4.75 Å². The fourth-order valence-corrected chi connectivity index (χ4v) is 1.76. The van der Waals surface area contributed by atoms with Gasteiger partial charge in [-0.3, -0.25) is 0 Å². The summed E-state index contributed by atoms with van der Waals surface area (Å²) in [6.45, 7) is 12.3. The van der Waals surface area contributed by atoms with Gasteiger partial charge in [0.1, 0.15) is 16.1 Å². The van der Waals surface area contributed by atoms with Crippen LogP contribution in [0.15, 0.2) is 16.0 Å². The molecule has 0 saturated carbocycles. The van der Waals surface area contributed by atoms with E-state index >= 15 is 0 Å². The average Bonchev–Trinajstić information content (AvgIpc) is 2.15. The Bertz CT molecular complexity index is 262. The molecule has 0 spiro atoms. The molecular formula is C14H27NOS. The molecule has 0 radical (unpaired) electrons. The van der Waals surface area contributed by atoms with Crippen LogP contribution in [0.4, 0.5) is 0 Å². The first-order valence-electron chi connectivity index (χ1n) is 6.31. The summed E-state index contributed by atoms with van der Waals surface area (Å²) in [4.78, 5) is 0. The van der Waals surface area contributed by atoms with E-state index in [1.165, 1.54) is 12.0 Å². The zero-order valence-electron chi connectivity index (χ0n) is 12.1. The summed E-state index contributed by atoms with van der Waals surface area (Å²) in [5, 5.41) is 0. The predicted octanol–water partition coefficient (Wildman–Crippen LogP) is 4.29. The summed E-state index contributed by atoms with van der Waals surface area (Å²) >= 11 is -1.11. The second-order valence-electron chi connectivity index (χ2n) is 5.85. The van der Waals surface area contributed by atoms with Crippen molar-refractivity contribution < 1.29 is 4.55 Å². The van der Waals surface area contributed by atoms with Crippen molar-refractivity contribution in [2.24, 2.45) is 10.3 Å². The van der Waals surface area contributed by atoms with Gasteiger partial charge in [0.15, 0.2) is 0 Å². The van der Waals surface area contributed by atoms with E-state index in [9.17, 15) is 4.55 Å². The lowest BCUT2D eigenvalue weighted by molar-refractivity contribution is 0.556. The minimum Gasteiger partial charge on any atom is -0.591 e. The Kier molecular flexibility index (Phi) is 7.80. The van der Waals surface area contributed by atoms with E-state index in [2.05, 4.69) is 31.2 Å². The molecule has 0 aromatic carbocycles. The molecule has 0 fully saturated rings. The standard InChI is InChI=1S/C14H27NOS/c1-12(2)8-7-9-13(3)10-11-15-17(16)14(4,5)6/h8,11,13H,7,9-10H2,1-6H3/t13?,17-/m1/s1. The molecule has 0 aromatic rings. The van der Waals surface area contributed by atoms with Gasteiger partial charge in [-0.2, -0.15) is 0 Å². The van der Waals surface area contributed by atoms with E-state index in [1.807, 2.05) is 27.0 Å². The van der Waals surface area contributed by atoms with Crippen molar-refractivity contribution in [2.45, 2.75) is 65.6 Å². The molecule has 0 aliphatic rings. The van der Waals surface area contributed by atoms with Crippen LogP contribution in [-0.2, 0) is 11.4 Å². The van der Waals surface area contributed by atoms with Crippen molar-refractivity contribution >= 4 is 17.6 Å². The van der Waals surface area contributed by atoms with Gasteiger partial charge in [-0.1, -0.05) is 23.0 Å². The Balaban J connectivity index is 3.88. The lowest BCUT2D eigenvalue weighted by atomic mass is 10.0. The molecule has 2 atom stereocenters. The Hall–Kier alpha value is -0.280. The summed E-state index contributed by atoms with van der Waals surface area (Å²) in [5.41, 5.74) is 1.37. The maximum Gasteiger partial charge on any atom is 0.144 e. The lowest BCUT2D eigenvalue weighted by Gasteiger charge is -2.18. The third-order valence-electron chi connectivity index (χ3n) is 2.41. The molecular weight excluding hydrogens is 230 g/mol. The SMILES string of the molecule is CC(C)=CCCC(C)CC=N[S@+]([O-])C(C)(C)C. The summed E-state index contributed by atoms with van der Waals surface area (Å²) < 4.78 is 15.5. The van der Waals surface area contributed by atoms with Crippen molar-refractivity contribution in [1.82, 2.24) is 0 Å². The van der Waals surface area contributed by atoms with Crippen LogP contribution >= 0.6 is 0 Å². The van der Waals surface area contributed by atoms with E-state index < -0.39 is 11.4 Å². The van der Waals surface area contributed by atoms with E-state index in [0.29, 0.717) is 5.92 Å². The van der Waals surface area contributed by atoms with Crippen LogP contribution in [0, 0.1) is 5.92 Å². The fraction of sp³-hybridized carbons (Fsp3) is 0.786. The summed E-state index contributed by atoms with van der Waals surface area (Å²) in [6, 6.07) is 0. The molecule has 17 heavy (non-hydrogen) atoms. The van der Waals surface area contributed by atoms with Gasteiger partial charge in [-0.15, -0.1) is 0 Å². The molecule has 0 N–H and O–H groups in total. The maximum absolute atomic E-state index is 11.7. The molecule has 0 bridgehead atoms. The highest BCUT2D eigenvalue weighted by atomic mass is 32.2. The van der Waals surface area contributed by atoms with Crippen LogP contribution in [0.25, 0.3) is 0 Å². The van der Waals surface area contributed by atoms with Gasteiger partial charge < -0.3 is 4.55 Å². The highest BCUT2D eigenvalue weighted by molar-refractivity contribution is 7.91. The summed E-state index contributed by atoms with van der Waals surface area (Å²) in [7, 11) is 0. The smallest absolute Gasteiger partial charge is 0.144 e. The second-order valence-corrected chi connectivity index (χ2v) is 7.78. The average molecular weight is 257 g/mol. The first-order valence-corrected chi connectivity index (χ1v) is 7.42. The largest absolute Gasteiger partial charge is 0.591 e. The molecule has 0 rings (SSSR count). The molecule has 0 saturated heterocycles. The van der Waals surface area contributed by atoms with E-state index in [1.54, 1.807) is 0 Å². The molecule has 100 valence electrons. The van der Waals surface area contributed by atoms with E-state index in [0.717, 1.165) is 12.8 Å². The van der Waals surface area contributed by atoms with Gasteiger partial charge in [-0.25, -0.2) is 0 Å². The molecule has 0 aliphatic carbocycles. The summed E-state index contributed by atoms with van der Waals surface area (Å²) in [6.07, 6.45) is 7.30. The van der Waals surface area contributed by atoms with Crippen molar-refractivity contribution in [3.63, 3.8) is 0 Å². The van der Waals surface area contributed by atoms with Crippen LogP contribution < -0.4 is 0 Å². The number of hydrogen-bond donors (Lipinski definition) is 0. The van der Waals surface area contributed by atoms with Gasteiger partial charge in [0.05, 0.1) is 6.21 Å². The predicted molar refractivity (Wildman–Crippen MR) is 78.8 cm³/mol. The highest BCUT2D eigenvalue weighted by Crippen LogP contribution is 2.17. The van der Waals surface area contributed by atoms with Gasteiger partial charge >= 0.3 is 0 Å². The monoisotopic (exact) mass is 257 g/mol. The molecule has 3 heteroatoms. The fourth-order valence-electron chi connectivity index (χ4n) is 1.22. The zero-order chi connectivity index (χ0) is 13.5. The number of allylic oxidation sites excluding steroid dienone is 2. The van der Waals surface area contributed by atoms with Gasteiger partial charge in [0.2, 0.25) is 0 Å². The molecule has 0 aromatic heterocycles. The van der Waals surface area contributed by atoms with Crippen LogP contribution in [0.3, 0.4) is 0 Å². The number of hydrogen-bond acceptors (Lipinski definition) is 2. The Labute approximate surface area is 110 Å². The van der Waals surface area contributed by atoms with Crippen LogP contribution in [-0.4, -0.2) is 15.5 Å². The van der Waals surface area contributed by atoms with E-state index in [4.69, 9.17) is 0 Å². The third-order valence-corrected chi connectivity index (χ3v) is 3.80. The first kappa shape index (κ1) is 16.7. The molecule has 0 aliphatic heterocycles.